The third kappa shape index (κ3) is 3.12. The zero-order valence-corrected chi connectivity index (χ0v) is 12.5. The molecule has 2 atom stereocenters. The van der Waals surface area contributed by atoms with Crippen molar-refractivity contribution in [2.24, 2.45) is 5.73 Å². The van der Waals surface area contributed by atoms with E-state index >= 15 is 0 Å². The number of thioether (sulfide) groups is 1. The van der Waals surface area contributed by atoms with Gasteiger partial charge in [-0.05, 0) is 36.8 Å². The van der Waals surface area contributed by atoms with Crippen LogP contribution in [0.1, 0.15) is 17.7 Å². The average Bonchev–Trinajstić information content (AvgIpc) is 2.87. The van der Waals surface area contributed by atoms with Gasteiger partial charge >= 0.3 is 0 Å². The monoisotopic (exact) mass is 300 g/mol. The molecule has 3 aromatic rings. The van der Waals surface area contributed by atoms with Crippen molar-refractivity contribution >= 4 is 22.7 Å². The largest absolute Gasteiger partial charge is 0.350 e. The van der Waals surface area contributed by atoms with Crippen molar-refractivity contribution in [1.29, 1.82) is 0 Å². The first kappa shape index (κ1) is 14.2. The van der Waals surface area contributed by atoms with Crippen LogP contribution in [-0.2, 0) is 0 Å². The summed E-state index contributed by atoms with van der Waals surface area (Å²) in [6.07, 6.45) is 0. The third-order valence-electron chi connectivity index (χ3n) is 3.41. The lowest BCUT2D eigenvalue weighted by molar-refractivity contribution is 0.621. The molecular formula is C17H17FN2S. The smallest absolute Gasteiger partial charge is 0.123 e. The molecule has 2 nitrogen and oxygen atoms in total. The lowest BCUT2D eigenvalue weighted by atomic mass is 10.1. The highest BCUT2D eigenvalue weighted by molar-refractivity contribution is 7.99. The summed E-state index contributed by atoms with van der Waals surface area (Å²) >= 11 is 1.64. The van der Waals surface area contributed by atoms with Crippen molar-refractivity contribution in [2.45, 2.75) is 23.2 Å². The van der Waals surface area contributed by atoms with E-state index in [9.17, 15) is 4.39 Å². The maximum atomic E-state index is 13.4. The van der Waals surface area contributed by atoms with E-state index in [0.29, 0.717) is 0 Å². The van der Waals surface area contributed by atoms with E-state index in [-0.39, 0.29) is 17.1 Å². The molecule has 3 rings (SSSR count). The summed E-state index contributed by atoms with van der Waals surface area (Å²) in [5.41, 5.74) is 8.11. The van der Waals surface area contributed by atoms with Crippen molar-refractivity contribution in [3.05, 3.63) is 66.0 Å². The third-order valence-corrected chi connectivity index (χ3v) is 4.84. The molecule has 21 heavy (non-hydrogen) atoms. The summed E-state index contributed by atoms with van der Waals surface area (Å²) in [5, 5.41) is 2.22. The molecule has 0 saturated carbocycles. The van der Waals surface area contributed by atoms with Crippen LogP contribution in [0.5, 0.6) is 0 Å². The molecule has 108 valence electrons. The van der Waals surface area contributed by atoms with Gasteiger partial charge in [-0.25, -0.2) is 4.39 Å². The molecule has 0 radical (unpaired) electrons. The first-order valence-corrected chi connectivity index (χ1v) is 7.77. The van der Waals surface area contributed by atoms with E-state index in [1.807, 2.05) is 31.2 Å². The molecule has 2 aromatic carbocycles. The fraction of sp³-hybridized carbons (Fsp3) is 0.176. The number of benzene rings is 2. The van der Waals surface area contributed by atoms with Gasteiger partial charge in [0, 0.05) is 16.9 Å². The number of para-hydroxylation sites is 1. The van der Waals surface area contributed by atoms with Gasteiger partial charge in [0.2, 0.25) is 0 Å². The Morgan fingerprint density at radius 3 is 2.62 bits per heavy atom. The molecule has 3 N–H and O–H groups in total. The summed E-state index contributed by atoms with van der Waals surface area (Å²) in [5.74, 6) is -0.226. The second-order valence-electron chi connectivity index (χ2n) is 5.17. The van der Waals surface area contributed by atoms with E-state index in [1.165, 1.54) is 11.5 Å². The second kappa shape index (κ2) is 5.92. The van der Waals surface area contributed by atoms with E-state index < -0.39 is 0 Å². The Morgan fingerprint density at radius 2 is 1.90 bits per heavy atom. The highest BCUT2D eigenvalue weighted by Gasteiger charge is 2.19. The summed E-state index contributed by atoms with van der Waals surface area (Å²) in [7, 11) is 0. The van der Waals surface area contributed by atoms with Crippen LogP contribution in [0, 0.1) is 5.82 Å². The van der Waals surface area contributed by atoms with Crippen molar-refractivity contribution in [2.75, 3.05) is 0 Å². The standard InChI is InChI=1S/C17H17FN2S/c1-11(19)17(13-6-4-7-14(18)9-13)21-16-10-12-5-2-3-8-15(12)20-16/h2-11,17,20H,19H2,1H3. The molecule has 1 aromatic heterocycles. The van der Waals surface area contributed by atoms with E-state index in [1.54, 1.807) is 23.9 Å². The van der Waals surface area contributed by atoms with Crippen LogP contribution < -0.4 is 5.73 Å². The number of hydrogen-bond donors (Lipinski definition) is 2. The van der Waals surface area contributed by atoms with Gasteiger partial charge in [-0.2, -0.15) is 0 Å². The van der Waals surface area contributed by atoms with Gasteiger partial charge in [-0.1, -0.05) is 42.1 Å². The quantitative estimate of drug-likeness (QED) is 0.697. The Bertz CT molecular complexity index is 718. The van der Waals surface area contributed by atoms with Gasteiger partial charge in [-0.15, -0.1) is 0 Å². The fourth-order valence-corrected chi connectivity index (χ4v) is 3.54. The first-order valence-electron chi connectivity index (χ1n) is 6.89. The van der Waals surface area contributed by atoms with Crippen LogP contribution in [-0.4, -0.2) is 11.0 Å². The van der Waals surface area contributed by atoms with E-state index in [2.05, 4.69) is 17.1 Å². The number of nitrogens with two attached hydrogens (primary N) is 1. The van der Waals surface area contributed by atoms with Crippen molar-refractivity contribution in [3.8, 4) is 0 Å². The number of fused-ring (bicyclic) bond motifs is 1. The van der Waals surface area contributed by atoms with Crippen molar-refractivity contribution in [1.82, 2.24) is 4.98 Å². The molecule has 4 heteroatoms. The molecule has 0 amide bonds. The maximum Gasteiger partial charge on any atom is 0.123 e. The van der Waals surface area contributed by atoms with Crippen LogP contribution in [0.25, 0.3) is 10.9 Å². The lowest BCUT2D eigenvalue weighted by Gasteiger charge is -2.20. The molecule has 0 bridgehead atoms. The summed E-state index contributed by atoms with van der Waals surface area (Å²) in [6.45, 7) is 1.95. The minimum atomic E-state index is -0.226. The summed E-state index contributed by atoms with van der Waals surface area (Å²) < 4.78 is 13.4. The molecular weight excluding hydrogens is 283 g/mol. The minimum Gasteiger partial charge on any atom is -0.350 e. The zero-order chi connectivity index (χ0) is 14.8. The highest BCUT2D eigenvalue weighted by Crippen LogP contribution is 2.38. The fourth-order valence-electron chi connectivity index (χ4n) is 2.41. The number of halogens is 1. The molecule has 0 fully saturated rings. The predicted octanol–water partition coefficient (Wildman–Crippen LogP) is 4.49. The SMILES string of the molecule is CC(N)C(Sc1cc2ccccc2[nH]1)c1cccc(F)c1. The number of aromatic nitrogens is 1. The van der Waals surface area contributed by atoms with Crippen LogP contribution in [0.2, 0.25) is 0 Å². The Balaban J connectivity index is 1.91. The van der Waals surface area contributed by atoms with Crippen LogP contribution in [0.4, 0.5) is 4.39 Å². The Hall–Kier alpha value is -1.78. The topological polar surface area (TPSA) is 41.8 Å². The van der Waals surface area contributed by atoms with Gasteiger partial charge in [0.15, 0.2) is 0 Å². The van der Waals surface area contributed by atoms with Crippen molar-refractivity contribution < 1.29 is 4.39 Å². The van der Waals surface area contributed by atoms with Gasteiger partial charge < -0.3 is 10.7 Å². The molecule has 0 spiro atoms. The predicted molar refractivity (Wildman–Crippen MR) is 86.9 cm³/mol. The lowest BCUT2D eigenvalue weighted by Crippen LogP contribution is -2.22. The molecule has 1 heterocycles. The van der Waals surface area contributed by atoms with Crippen LogP contribution >= 0.6 is 11.8 Å². The minimum absolute atomic E-state index is 0.00811. The Labute approximate surface area is 127 Å². The van der Waals surface area contributed by atoms with Crippen LogP contribution in [0.3, 0.4) is 0 Å². The van der Waals surface area contributed by atoms with Gasteiger partial charge in [0.1, 0.15) is 5.82 Å². The maximum absolute atomic E-state index is 13.4. The normalized spacial score (nSPS) is 14.2. The van der Waals surface area contributed by atoms with Gasteiger partial charge in [0.05, 0.1) is 10.3 Å². The van der Waals surface area contributed by atoms with Crippen LogP contribution in [0.15, 0.2) is 59.6 Å². The second-order valence-corrected chi connectivity index (χ2v) is 6.36. The molecule has 0 aliphatic heterocycles. The van der Waals surface area contributed by atoms with E-state index in [0.717, 1.165) is 16.1 Å². The van der Waals surface area contributed by atoms with Gasteiger partial charge in [0.25, 0.3) is 0 Å². The zero-order valence-electron chi connectivity index (χ0n) is 11.7. The number of rotatable bonds is 4. The molecule has 0 aliphatic carbocycles. The van der Waals surface area contributed by atoms with Crippen molar-refractivity contribution in [3.63, 3.8) is 0 Å². The summed E-state index contributed by atoms with van der Waals surface area (Å²) in [6, 6.07) is 16.8. The number of hydrogen-bond acceptors (Lipinski definition) is 2. The highest BCUT2D eigenvalue weighted by atomic mass is 32.2. The number of aromatic amines is 1. The molecule has 2 unspecified atom stereocenters. The molecule has 0 aliphatic rings. The molecule has 0 saturated heterocycles. The Morgan fingerprint density at radius 1 is 1.10 bits per heavy atom. The number of nitrogens with one attached hydrogen (secondary N) is 1. The van der Waals surface area contributed by atoms with Gasteiger partial charge in [-0.3, -0.25) is 0 Å². The first-order chi connectivity index (χ1) is 10.1. The number of H-pyrrole nitrogens is 1. The average molecular weight is 300 g/mol. The Kier molecular flexibility index (Phi) is 3.99. The van der Waals surface area contributed by atoms with E-state index in [4.69, 9.17) is 5.73 Å². The summed E-state index contributed by atoms with van der Waals surface area (Å²) in [4.78, 5) is 3.38.